The first-order valence-corrected chi connectivity index (χ1v) is 8.98. The third kappa shape index (κ3) is 4.70. The Morgan fingerprint density at radius 3 is 2.08 bits per heavy atom. The molecule has 1 saturated heterocycles. The Hall–Kier alpha value is -2.66. The first-order valence-electron chi connectivity index (χ1n) is 8.98. The Morgan fingerprint density at radius 2 is 1.46 bits per heavy atom. The molecule has 0 atom stereocenters. The second-order valence-corrected chi connectivity index (χ2v) is 6.67. The third-order valence-corrected chi connectivity index (χ3v) is 4.73. The number of hydrogen-bond donors (Lipinski definition) is 0. The van der Waals surface area contributed by atoms with Crippen LogP contribution < -0.4 is 0 Å². The summed E-state index contributed by atoms with van der Waals surface area (Å²) in [4.78, 5) is 30.7. The second-order valence-electron chi connectivity index (χ2n) is 6.67. The number of likely N-dealkylation sites (N-methyl/N-ethyl adjacent to an activating group) is 1. The normalized spacial score (nSPS) is 14.9. The molecule has 2 aromatic carbocycles. The first-order chi connectivity index (χ1) is 12.6. The molecule has 1 aliphatic heterocycles. The smallest absolute Gasteiger partial charge is 0.253 e. The van der Waals surface area contributed by atoms with E-state index in [0.29, 0.717) is 26.2 Å². The Labute approximate surface area is 154 Å². The quantitative estimate of drug-likeness (QED) is 0.829. The Balaban J connectivity index is 1.46. The Kier molecular flexibility index (Phi) is 6.02. The number of nitrogens with zero attached hydrogens (tertiary/aromatic N) is 3. The summed E-state index contributed by atoms with van der Waals surface area (Å²) >= 11 is 0. The standard InChI is InChI=1S/C21H25N3O2/c1-22(16-18-8-4-2-5-9-18)20(25)17-23-12-14-24(15-13-23)21(26)19-10-6-3-7-11-19/h2-11H,12-17H2,1H3. The average molecular weight is 351 g/mol. The molecule has 5 nitrogen and oxygen atoms in total. The second kappa shape index (κ2) is 8.63. The number of rotatable bonds is 5. The van der Waals surface area contributed by atoms with Crippen molar-refractivity contribution in [2.45, 2.75) is 6.54 Å². The summed E-state index contributed by atoms with van der Waals surface area (Å²) in [6, 6.07) is 19.3. The molecule has 0 unspecified atom stereocenters. The van der Waals surface area contributed by atoms with Gasteiger partial charge >= 0.3 is 0 Å². The molecule has 0 spiro atoms. The van der Waals surface area contributed by atoms with Gasteiger partial charge in [-0.1, -0.05) is 48.5 Å². The Morgan fingerprint density at radius 1 is 0.885 bits per heavy atom. The number of hydrogen-bond acceptors (Lipinski definition) is 3. The van der Waals surface area contributed by atoms with Gasteiger partial charge in [0, 0.05) is 45.3 Å². The molecule has 0 N–H and O–H groups in total. The van der Waals surface area contributed by atoms with E-state index in [1.54, 1.807) is 4.90 Å². The molecule has 5 heteroatoms. The predicted molar refractivity (Wildman–Crippen MR) is 102 cm³/mol. The molecule has 1 aliphatic rings. The van der Waals surface area contributed by atoms with Crippen LogP contribution in [0.5, 0.6) is 0 Å². The van der Waals surface area contributed by atoms with Crippen molar-refractivity contribution in [2.75, 3.05) is 39.8 Å². The van der Waals surface area contributed by atoms with E-state index in [1.165, 1.54) is 0 Å². The van der Waals surface area contributed by atoms with Gasteiger partial charge in [0.15, 0.2) is 0 Å². The van der Waals surface area contributed by atoms with Crippen LogP contribution in [0, 0.1) is 0 Å². The molecule has 0 bridgehead atoms. The van der Waals surface area contributed by atoms with E-state index in [2.05, 4.69) is 4.90 Å². The van der Waals surface area contributed by atoms with Gasteiger partial charge in [-0.15, -0.1) is 0 Å². The van der Waals surface area contributed by atoms with Crippen LogP contribution in [0.15, 0.2) is 60.7 Å². The minimum absolute atomic E-state index is 0.0674. The van der Waals surface area contributed by atoms with Gasteiger partial charge in [-0.2, -0.15) is 0 Å². The van der Waals surface area contributed by atoms with Gasteiger partial charge in [0.25, 0.3) is 5.91 Å². The Bertz CT molecular complexity index is 725. The first kappa shape index (κ1) is 18.1. The van der Waals surface area contributed by atoms with Crippen molar-refractivity contribution in [2.24, 2.45) is 0 Å². The van der Waals surface area contributed by atoms with Gasteiger partial charge in [-0.05, 0) is 17.7 Å². The van der Waals surface area contributed by atoms with Gasteiger partial charge < -0.3 is 9.80 Å². The molecule has 0 saturated carbocycles. The summed E-state index contributed by atoms with van der Waals surface area (Å²) in [5.74, 6) is 0.175. The number of carbonyl (C=O) groups excluding carboxylic acids is 2. The van der Waals surface area contributed by atoms with E-state index in [-0.39, 0.29) is 11.8 Å². The molecule has 2 amide bonds. The van der Waals surface area contributed by atoms with Crippen molar-refractivity contribution in [3.63, 3.8) is 0 Å². The van der Waals surface area contributed by atoms with Crippen LogP contribution in [0.4, 0.5) is 0 Å². The molecule has 26 heavy (non-hydrogen) atoms. The maximum atomic E-state index is 12.5. The van der Waals surface area contributed by atoms with Crippen molar-refractivity contribution in [3.05, 3.63) is 71.8 Å². The van der Waals surface area contributed by atoms with Crippen molar-refractivity contribution < 1.29 is 9.59 Å². The van der Waals surface area contributed by atoms with E-state index >= 15 is 0 Å². The fraction of sp³-hybridized carbons (Fsp3) is 0.333. The number of benzene rings is 2. The molecule has 0 radical (unpaired) electrons. The molecule has 136 valence electrons. The van der Waals surface area contributed by atoms with Crippen molar-refractivity contribution in [3.8, 4) is 0 Å². The predicted octanol–water partition coefficient (Wildman–Crippen LogP) is 2.10. The molecular weight excluding hydrogens is 326 g/mol. The zero-order valence-corrected chi connectivity index (χ0v) is 15.2. The number of carbonyl (C=O) groups is 2. The molecule has 3 rings (SSSR count). The lowest BCUT2D eigenvalue weighted by Crippen LogP contribution is -2.51. The van der Waals surface area contributed by atoms with Gasteiger partial charge in [-0.3, -0.25) is 14.5 Å². The fourth-order valence-electron chi connectivity index (χ4n) is 3.13. The van der Waals surface area contributed by atoms with Gasteiger partial charge in [0.2, 0.25) is 5.91 Å². The van der Waals surface area contributed by atoms with Crippen LogP contribution in [-0.2, 0) is 11.3 Å². The zero-order valence-electron chi connectivity index (χ0n) is 15.2. The SMILES string of the molecule is CN(Cc1ccccc1)C(=O)CN1CCN(C(=O)c2ccccc2)CC1. The molecule has 1 heterocycles. The lowest BCUT2D eigenvalue weighted by Gasteiger charge is -2.35. The van der Waals surface area contributed by atoms with Gasteiger partial charge in [0.1, 0.15) is 0 Å². The molecule has 0 aromatic heterocycles. The monoisotopic (exact) mass is 351 g/mol. The largest absolute Gasteiger partial charge is 0.340 e. The van der Waals surface area contributed by atoms with Gasteiger partial charge in [0.05, 0.1) is 6.54 Å². The number of amides is 2. The summed E-state index contributed by atoms with van der Waals surface area (Å²) in [6.07, 6.45) is 0. The van der Waals surface area contributed by atoms with Crippen LogP contribution >= 0.6 is 0 Å². The minimum atomic E-state index is 0.0674. The van der Waals surface area contributed by atoms with Gasteiger partial charge in [-0.25, -0.2) is 0 Å². The topological polar surface area (TPSA) is 43.9 Å². The molecular formula is C21H25N3O2. The van der Waals surface area contributed by atoms with Crippen LogP contribution in [0.3, 0.4) is 0 Å². The number of piperazine rings is 1. The van der Waals surface area contributed by atoms with Crippen LogP contribution in [0.25, 0.3) is 0 Å². The highest BCUT2D eigenvalue weighted by molar-refractivity contribution is 5.94. The van der Waals surface area contributed by atoms with E-state index in [1.807, 2.05) is 72.6 Å². The summed E-state index contributed by atoms with van der Waals surface area (Å²) in [7, 11) is 1.84. The zero-order chi connectivity index (χ0) is 18.4. The summed E-state index contributed by atoms with van der Waals surface area (Å²) in [6.45, 7) is 3.78. The maximum Gasteiger partial charge on any atom is 0.253 e. The van der Waals surface area contributed by atoms with Crippen molar-refractivity contribution in [1.29, 1.82) is 0 Å². The molecule has 0 aliphatic carbocycles. The van der Waals surface area contributed by atoms with E-state index in [4.69, 9.17) is 0 Å². The third-order valence-electron chi connectivity index (χ3n) is 4.73. The average Bonchev–Trinajstić information content (AvgIpc) is 2.69. The minimum Gasteiger partial charge on any atom is -0.340 e. The summed E-state index contributed by atoms with van der Waals surface area (Å²) < 4.78 is 0. The van der Waals surface area contributed by atoms with E-state index in [9.17, 15) is 9.59 Å². The molecule has 2 aromatic rings. The highest BCUT2D eigenvalue weighted by Gasteiger charge is 2.24. The van der Waals surface area contributed by atoms with Crippen molar-refractivity contribution >= 4 is 11.8 Å². The summed E-state index contributed by atoms with van der Waals surface area (Å²) in [5, 5.41) is 0. The highest BCUT2D eigenvalue weighted by atomic mass is 16.2. The van der Waals surface area contributed by atoms with Crippen LogP contribution in [-0.4, -0.2) is 66.3 Å². The van der Waals surface area contributed by atoms with Crippen molar-refractivity contribution in [1.82, 2.24) is 14.7 Å². The fourth-order valence-corrected chi connectivity index (χ4v) is 3.13. The highest BCUT2D eigenvalue weighted by Crippen LogP contribution is 2.09. The van der Waals surface area contributed by atoms with Crippen LogP contribution in [0.2, 0.25) is 0 Å². The molecule has 1 fully saturated rings. The summed E-state index contributed by atoms with van der Waals surface area (Å²) in [5.41, 5.74) is 1.85. The van der Waals surface area contributed by atoms with E-state index < -0.39 is 0 Å². The van der Waals surface area contributed by atoms with E-state index in [0.717, 1.165) is 24.2 Å². The lowest BCUT2D eigenvalue weighted by molar-refractivity contribution is -0.132. The maximum absolute atomic E-state index is 12.5. The lowest BCUT2D eigenvalue weighted by atomic mass is 10.2. The van der Waals surface area contributed by atoms with Crippen LogP contribution in [0.1, 0.15) is 15.9 Å².